The Morgan fingerprint density at radius 3 is 2.76 bits per heavy atom. The van der Waals surface area contributed by atoms with E-state index in [1.165, 1.54) is 16.7 Å². The van der Waals surface area contributed by atoms with Crippen LogP contribution in [0.5, 0.6) is 5.75 Å². The second-order valence-electron chi connectivity index (χ2n) is 6.11. The number of nitrogens with one attached hydrogen (secondary N) is 1. The number of rotatable bonds is 5. The van der Waals surface area contributed by atoms with Crippen molar-refractivity contribution in [2.45, 2.75) is 28.7 Å². The van der Waals surface area contributed by atoms with Crippen LogP contribution in [0.1, 0.15) is 6.92 Å². The van der Waals surface area contributed by atoms with Gasteiger partial charge in [0.25, 0.3) is 5.91 Å². The van der Waals surface area contributed by atoms with Crippen molar-refractivity contribution in [2.24, 2.45) is 0 Å². The second-order valence-corrected chi connectivity index (χ2v) is 9.03. The molecule has 1 aromatic rings. The van der Waals surface area contributed by atoms with Gasteiger partial charge < -0.3 is 20.1 Å². The highest BCUT2D eigenvalue weighted by Crippen LogP contribution is 2.45. The lowest BCUT2D eigenvalue weighted by molar-refractivity contribution is -0.163. The zero-order chi connectivity index (χ0) is 18.2. The van der Waals surface area contributed by atoms with Crippen LogP contribution in [-0.4, -0.2) is 61.9 Å². The van der Waals surface area contributed by atoms with Crippen LogP contribution >= 0.6 is 27.7 Å². The topological polar surface area (TPSA) is 95.9 Å². The smallest absolute Gasteiger partial charge is 0.327 e. The van der Waals surface area contributed by atoms with Crippen LogP contribution in [0.3, 0.4) is 0 Å². The van der Waals surface area contributed by atoms with E-state index >= 15 is 0 Å². The van der Waals surface area contributed by atoms with Gasteiger partial charge in [0.2, 0.25) is 5.91 Å². The number of carboxylic acid groups (broad SMARTS) is 1. The summed E-state index contributed by atoms with van der Waals surface area (Å²) < 4.78 is 4.65. The second kappa shape index (κ2) is 6.87. The molecule has 7 nitrogen and oxygen atoms in total. The Labute approximate surface area is 157 Å². The van der Waals surface area contributed by atoms with Gasteiger partial charge in [-0.25, -0.2) is 4.79 Å². The number of carbonyl (C=O) groups excluding carboxylic acids is 2. The Balaban J connectivity index is 1.59. The number of para-hydroxylation sites is 1. The fraction of sp³-hybridized carbons (Fsp3) is 0.438. The maximum Gasteiger partial charge on any atom is 0.327 e. The highest BCUT2D eigenvalue weighted by Gasteiger charge is 2.60. The minimum Gasteiger partial charge on any atom is -0.484 e. The molecule has 0 aliphatic carbocycles. The van der Waals surface area contributed by atoms with E-state index in [0.717, 1.165) is 0 Å². The number of hydrogen-bond acceptors (Lipinski definition) is 5. The van der Waals surface area contributed by atoms with Gasteiger partial charge in [-0.05, 0) is 19.1 Å². The summed E-state index contributed by atoms with van der Waals surface area (Å²) in [5, 5.41) is 11.7. The van der Waals surface area contributed by atoms with Crippen molar-refractivity contribution in [1.82, 2.24) is 10.2 Å². The molecule has 3 rings (SSSR count). The van der Waals surface area contributed by atoms with Crippen molar-refractivity contribution in [1.29, 1.82) is 0 Å². The maximum atomic E-state index is 12.4. The minimum atomic E-state index is -1.06. The van der Waals surface area contributed by atoms with Crippen LogP contribution in [0.15, 0.2) is 30.3 Å². The molecule has 0 spiro atoms. The highest BCUT2D eigenvalue weighted by atomic mass is 79.9. The van der Waals surface area contributed by atoms with Crippen molar-refractivity contribution >= 4 is 45.5 Å². The first-order chi connectivity index (χ1) is 11.8. The lowest BCUT2D eigenvalue weighted by Crippen LogP contribution is -2.78. The SMILES string of the molecule is CC1(Br)CS[C@H]2C(NC(=O)COc3ccccc3)C(=O)N2C1C(=O)O. The number of alkyl halides is 1. The summed E-state index contributed by atoms with van der Waals surface area (Å²) >= 11 is 4.86. The van der Waals surface area contributed by atoms with Crippen LogP contribution in [0.4, 0.5) is 0 Å². The summed E-state index contributed by atoms with van der Waals surface area (Å²) in [6, 6.07) is 7.21. The molecule has 2 fully saturated rings. The highest BCUT2D eigenvalue weighted by molar-refractivity contribution is 9.10. The average molecular weight is 429 g/mol. The summed E-state index contributed by atoms with van der Waals surface area (Å²) in [6.07, 6.45) is 0. The van der Waals surface area contributed by atoms with Crippen molar-refractivity contribution in [3.63, 3.8) is 0 Å². The number of hydrogen-bond donors (Lipinski definition) is 2. The zero-order valence-electron chi connectivity index (χ0n) is 13.3. The molecule has 134 valence electrons. The minimum absolute atomic E-state index is 0.205. The standard InChI is InChI=1S/C16H17BrN2O5S/c1-16(17)8-25-14-11(13(21)19(14)12(16)15(22)23)18-10(20)7-24-9-5-3-2-4-6-9/h2-6,11-12,14H,7-8H2,1H3,(H,18,20)(H,22,23)/t11?,12?,14-,16?/m0/s1. The van der Waals surface area contributed by atoms with E-state index in [2.05, 4.69) is 21.2 Å². The van der Waals surface area contributed by atoms with Gasteiger partial charge in [0.15, 0.2) is 6.61 Å². The first-order valence-electron chi connectivity index (χ1n) is 7.64. The molecule has 3 unspecified atom stereocenters. The first kappa shape index (κ1) is 18.1. The number of thioether (sulfide) groups is 1. The molecular weight excluding hydrogens is 412 g/mol. The number of fused-ring (bicyclic) bond motifs is 1. The number of nitrogens with zero attached hydrogens (tertiary/aromatic N) is 1. The van der Waals surface area contributed by atoms with E-state index in [1.54, 1.807) is 31.2 Å². The van der Waals surface area contributed by atoms with Crippen LogP contribution in [-0.2, 0) is 14.4 Å². The van der Waals surface area contributed by atoms with Gasteiger partial charge >= 0.3 is 5.97 Å². The third kappa shape index (κ3) is 3.48. The van der Waals surface area contributed by atoms with Crippen molar-refractivity contribution in [3.8, 4) is 5.75 Å². The molecule has 0 saturated carbocycles. The Bertz CT molecular complexity index is 699. The predicted octanol–water partition coefficient (Wildman–Crippen LogP) is 1.07. The van der Waals surface area contributed by atoms with E-state index in [-0.39, 0.29) is 17.9 Å². The Morgan fingerprint density at radius 1 is 1.44 bits per heavy atom. The fourth-order valence-electron chi connectivity index (χ4n) is 2.94. The monoisotopic (exact) mass is 428 g/mol. The Kier molecular flexibility index (Phi) is 4.97. The average Bonchev–Trinajstić information content (AvgIpc) is 2.57. The molecule has 0 aromatic heterocycles. The summed E-state index contributed by atoms with van der Waals surface area (Å²) in [7, 11) is 0. The summed E-state index contributed by atoms with van der Waals surface area (Å²) in [5.74, 6) is -0.780. The lowest BCUT2D eigenvalue weighted by Gasteiger charge is -2.56. The molecule has 2 N–H and O–H groups in total. The van der Waals surface area contributed by atoms with Gasteiger partial charge in [-0.2, -0.15) is 0 Å². The number of aliphatic carboxylic acids is 1. The van der Waals surface area contributed by atoms with Crippen molar-refractivity contribution in [2.75, 3.05) is 12.4 Å². The third-order valence-corrected chi connectivity index (χ3v) is 6.82. The molecule has 2 saturated heterocycles. The molecule has 2 aliphatic heterocycles. The van der Waals surface area contributed by atoms with E-state index in [9.17, 15) is 19.5 Å². The Hall–Kier alpha value is -1.74. The zero-order valence-corrected chi connectivity index (χ0v) is 15.7. The van der Waals surface area contributed by atoms with E-state index in [1.807, 2.05) is 6.07 Å². The van der Waals surface area contributed by atoms with E-state index in [0.29, 0.717) is 11.5 Å². The van der Waals surface area contributed by atoms with Crippen LogP contribution in [0.2, 0.25) is 0 Å². The van der Waals surface area contributed by atoms with E-state index < -0.39 is 28.3 Å². The Morgan fingerprint density at radius 2 is 2.12 bits per heavy atom. The molecule has 2 aliphatic rings. The number of ether oxygens (including phenoxy) is 1. The first-order valence-corrected chi connectivity index (χ1v) is 9.48. The number of benzene rings is 1. The fourth-order valence-corrected chi connectivity index (χ4v) is 5.18. The molecule has 25 heavy (non-hydrogen) atoms. The summed E-state index contributed by atoms with van der Waals surface area (Å²) in [4.78, 5) is 37.3. The van der Waals surface area contributed by atoms with Crippen molar-refractivity contribution in [3.05, 3.63) is 30.3 Å². The molecule has 4 atom stereocenters. The molecule has 2 amide bonds. The summed E-state index contributed by atoms with van der Waals surface area (Å²) in [5.41, 5.74) is 0. The van der Waals surface area contributed by atoms with Gasteiger partial charge in [0.05, 0.1) is 4.32 Å². The van der Waals surface area contributed by atoms with Gasteiger partial charge in [0.1, 0.15) is 23.2 Å². The van der Waals surface area contributed by atoms with Gasteiger partial charge in [0, 0.05) is 5.75 Å². The predicted molar refractivity (Wildman–Crippen MR) is 95.7 cm³/mol. The maximum absolute atomic E-state index is 12.4. The van der Waals surface area contributed by atoms with Crippen molar-refractivity contribution < 1.29 is 24.2 Å². The van der Waals surface area contributed by atoms with Crippen LogP contribution < -0.4 is 10.1 Å². The quantitative estimate of drug-likeness (QED) is 0.537. The van der Waals surface area contributed by atoms with Gasteiger partial charge in [-0.3, -0.25) is 9.59 Å². The lowest BCUT2D eigenvalue weighted by atomic mass is 9.94. The number of amides is 2. The molecule has 0 bridgehead atoms. The third-order valence-electron chi connectivity index (χ3n) is 4.13. The molecule has 1 aromatic carbocycles. The molecule has 9 heteroatoms. The summed E-state index contributed by atoms with van der Waals surface area (Å²) in [6.45, 7) is 1.55. The molecule has 2 heterocycles. The largest absolute Gasteiger partial charge is 0.484 e. The van der Waals surface area contributed by atoms with Crippen LogP contribution in [0.25, 0.3) is 0 Å². The number of carboxylic acids is 1. The van der Waals surface area contributed by atoms with E-state index in [4.69, 9.17) is 4.74 Å². The van der Waals surface area contributed by atoms with Crippen LogP contribution in [0, 0.1) is 0 Å². The molecule has 0 radical (unpaired) electrons. The van der Waals surface area contributed by atoms with Gasteiger partial charge in [-0.1, -0.05) is 34.1 Å². The van der Waals surface area contributed by atoms with Gasteiger partial charge in [-0.15, -0.1) is 11.8 Å². The normalized spacial score (nSPS) is 30.9. The number of carbonyl (C=O) groups is 3. The molecular formula is C16H17BrN2O5S. The number of halogens is 1. The number of β-lactam (4-membered cyclic amide) rings is 1.